The minimum Gasteiger partial charge on any atom is -0.478 e. The van der Waals surface area contributed by atoms with Gasteiger partial charge in [-0.2, -0.15) is 0 Å². The molecule has 1 N–H and O–H groups in total. The highest BCUT2D eigenvalue weighted by Crippen LogP contribution is 2.29. The lowest BCUT2D eigenvalue weighted by Gasteiger charge is -2.23. The number of carbonyl (C=O) groups excluding carboxylic acids is 2. The Hall–Kier alpha value is -4.33. The van der Waals surface area contributed by atoms with Gasteiger partial charge in [0.1, 0.15) is 17.2 Å². The van der Waals surface area contributed by atoms with E-state index < -0.39 is 17.9 Å². The average Bonchev–Trinajstić information content (AvgIpc) is 3.02. The van der Waals surface area contributed by atoms with Gasteiger partial charge in [0.2, 0.25) is 0 Å². The van der Waals surface area contributed by atoms with Crippen LogP contribution < -0.4 is 9.64 Å². The standard InChI is InChI=1S/C23H19NO7/c1-29-22(27)19-8-3-4-13-24(20(19)23(28)30-2)16-9-11-17(12-10-16)31-18-7-5-6-15(14-18)21(25)26/h3-14H,1-2H3,(H,25,26). The number of carboxylic acids is 1. The van der Waals surface area contributed by atoms with Crippen molar-refractivity contribution >= 4 is 23.6 Å². The first-order valence-electron chi connectivity index (χ1n) is 9.11. The maximum Gasteiger partial charge on any atom is 0.355 e. The van der Waals surface area contributed by atoms with Crippen molar-refractivity contribution in [3.63, 3.8) is 0 Å². The molecular formula is C23H19NO7. The Morgan fingerprint density at radius 1 is 0.871 bits per heavy atom. The molecule has 8 heteroatoms. The smallest absolute Gasteiger partial charge is 0.355 e. The fourth-order valence-corrected chi connectivity index (χ4v) is 2.87. The number of aromatic carboxylic acids is 1. The summed E-state index contributed by atoms with van der Waals surface area (Å²) < 4.78 is 15.4. The molecule has 0 amide bonds. The number of benzene rings is 2. The van der Waals surface area contributed by atoms with Crippen LogP contribution in [-0.2, 0) is 19.1 Å². The summed E-state index contributed by atoms with van der Waals surface area (Å²) in [6.45, 7) is 0. The molecule has 0 bridgehead atoms. The number of allylic oxidation sites excluding steroid dienone is 2. The summed E-state index contributed by atoms with van der Waals surface area (Å²) in [6.07, 6.45) is 6.37. The van der Waals surface area contributed by atoms with Crippen molar-refractivity contribution in [3.8, 4) is 11.5 Å². The van der Waals surface area contributed by atoms with Crippen LogP contribution in [0.5, 0.6) is 11.5 Å². The summed E-state index contributed by atoms with van der Waals surface area (Å²) in [6, 6.07) is 12.8. The Morgan fingerprint density at radius 2 is 1.58 bits per heavy atom. The number of carboxylic acid groups (broad SMARTS) is 1. The van der Waals surface area contributed by atoms with Gasteiger partial charge in [0, 0.05) is 11.9 Å². The van der Waals surface area contributed by atoms with E-state index in [1.54, 1.807) is 54.8 Å². The van der Waals surface area contributed by atoms with Crippen LogP contribution in [0.25, 0.3) is 0 Å². The summed E-state index contributed by atoms with van der Waals surface area (Å²) in [5.41, 5.74) is 0.722. The zero-order valence-corrected chi connectivity index (χ0v) is 16.8. The Labute approximate surface area is 178 Å². The number of hydrogen-bond donors (Lipinski definition) is 1. The van der Waals surface area contributed by atoms with Crippen molar-refractivity contribution < 1.29 is 33.7 Å². The summed E-state index contributed by atoms with van der Waals surface area (Å²) in [5.74, 6) is -1.61. The molecule has 0 spiro atoms. The van der Waals surface area contributed by atoms with E-state index in [0.29, 0.717) is 17.2 Å². The van der Waals surface area contributed by atoms with E-state index in [1.165, 1.54) is 37.3 Å². The molecule has 0 unspecified atom stereocenters. The molecule has 2 aromatic rings. The zero-order chi connectivity index (χ0) is 22.4. The summed E-state index contributed by atoms with van der Waals surface area (Å²) in [4.78, 5) is 37.3. The lowest BCUT2D eigenvalue weighted by Crippen LogP contribution is -2.26. The molecular weight excluding hydrogens is 402 g/mol. The van der Waals surface area contributed by atoms with E-state index in [4.69, 9.17) is 19.3 Å². The average molecular weight is 421 g/mol. The molecule has 0 saturated heterocycles. The van der Waals surface area contributed by atoms with E-state index in [2.05, 4.69) is 0 Å². The molecule has 1 aliphatic rings. The van der Waals surface area contributed by atoms with Crippen LogP contribution >= 0.6 is 0 Å². The third-order valence-electron chi connectivity index (χ3n) is 4.32. The van der Waals surface area contributed by atoms with Crippen molar-refractivity contribution in [1.29, 1.82) is 0 Å². The van der Waals surface area contributed by atoms with Crippen LogP contribution in [0, 0.1) is 0 Å². The normalized spacial score (nSPS) is 12.9. The third kappa shape index (κ3) is 4.81. The van der Waals surface area contributed by atoms with Gasteiger partial charge in [-0.1, -0.05) is 12.1 Å². The largest absolute Gasteiger partial charge is 0.478 e. The Kier molecular flexibility index (Phi) is 6.51. The number of nitrogens with zero attached hydrogens (tertiary/aromatic N) is 1. The van der Waals surface area contributed by atoms with Gasteiger partial charge in [0.25, 0.3) is 0 Å². The zero-order valence-electron chi connectivity index (χ0n) is 16.8. The number of carbonyl (C=O) groups is 3. The second-order valence-corrected chi connectivity index (χ2v) is 6.25. The molecule has 3 rings (SSSR count). The van der Waals surface area contributed by atoms with Crippen molar-refractivity contribution in [2.24, 2.45) is 0 Å². The lowest BCUT2D eigenvalue weighted by atomic mass is 10.1. The molecule has 0 atom stereocenters. The maximum absolute atomic E-state index is 12.5. The van der Waals surface area contributed by atoms with Crippen LogP contribution in [0.2, 0.25) is 0 Å². The Balaban J connectivity index is 1.93. The van der Waals surface area contributed by atoms with Crippen molar-refractivity contribution in [2.75, 3.05) is 19.1 Å². The highest BCUT2D eigenvalue weighted by Gasteiger charge is 2.27. The van der Waals surface area contributed by atoms with E-state index in [0.717, 1.165) is 0 Å². The molecule has 31 heavy (non-hydrogen) atoms. The Bertz CT molecular complexity index is 1100. The van der Waals surface area contributed by atoms with Gasteiger partial charge in [-0.15, -0.1) is 0 Å². The molecule has 1 heterocycles. The van der Waals surface area contributed by atoms with Crippen LogP contribution in [0.15, 0.2) is 84.2 Å². The van der Waals surface area contributed by atoms with E-state index >= 15 is 0 Å². The molecule has 0 radical (unpaired) electrons. The Morgan fingerprint density at radius 3 is 2.23 bits per heavy atom. The highest BCUT2D eigenvalue weighted by molar-refractivity contribution is 6.05. The van der Waals surface area contributed by atoms with Gasteiger partial charge < -0.3 is 24.2 Å². The second-order valence-electron chi connectivity index (χ2n) is 6.25. The van der Waals surface area contributed by atoms with Crippen molar-refractivity contribution in [2.45, 2.75) is 0 Å². The van der Waals surface area contributed by atoms with E-state index in [1.807, 2.05) is 0 Å². The molecule has 0 aliphatic carbocycles. The van der Waals surface area contributed by atoms with Crippen LogP contribution in [0.1, 0.15) is 10.4 Å². The maximum atomic E-state index is 12.5. The number of methoxy groups -OCH3 is 2. The van der Waals surface area contributed by atoms with Crippen molar-refractivity contribution in [1.82, 2.24) is 0 Å². The van der Waals surface area contributed by atoms with Crippen molar-refractivity contribution in [3.05, 3.63) is 89.8 Å². The minimum atomic E-state index is -1.05. The SMILES string of the molecule is COC(=O)C1=C(C(=O)OC)N(c2ccc(Oc3cccc(C(=O)O)c3)cc2)C=CC=C1. The lowest BCUT2D eigenvalue weighted by molar-refractivity contribution is -0.139. The third-order valence-corrected chi connectivity index (χ3v) is 4.32. The van der Waals surface area contributed by atoms with Gasteiger partial charge in [0.15, 0.2) is 0 Å². The van der Waals surface area contributed by atoms with Gasteiger partial charge in [-0.05, 0) is 54.6 Å². The topological polar surface area (TPSA) is 102 Å². The van der Waals surface area contributed by atoms with Gasteiger partial charge in [-0.25, -0.2) is 14.4 Å². The monoisotopic (exact) mass is 421 g/mol. The number of hydrogen-bond acceptors (Lipinski definition) is 7. The summed E-state index contributed by atoms with van der Waals surface area (Å²) in [5, 5.41) is 9.10. The molecule has 2 aromatic carbocycles. The quantitative estimate of drug-likeness (QED) is 0.705. The molecule has 8 nitrogen and oxygen atoms in total. The molecule has 1 aliphatic heterocycles. The van der Waals surface area contributed by atoms with Gasteiger partial charge in [-0.3, -0.25) is 0 Å². The van der Waals surface area contributed by atoms with E-state index in [9.17, 15) is 14.4 Å². The number of esters is 2. The summed E-state index contributed by atoms with van der Waals surface area (Å²) >= 11 is 0. The first kappa shape index (κ1) is 21.4. The molecule has 158 valence electrons. The first-order chi connectivity index (χ1) is 14.9. The van der Waals surface area contributed by atoms with Crippen LogP contribution in [-0.4, -0.2) is 37.2 Å². The molecule has 0 aromatic heterocycles. The summed E-state index contributed by atoms with van der Waals surface area (Å²) in [7, 11) is 2.45. The molecule has 0 fully saturated rings. The van der Waals surface area contributed by atoms with Gasteiger partial charge >= 0.3 is 17.9 Å². The fraction of sp³-hybridized carbons (Fsp3) is 0.0870. The number of ether oxygens (including phenoxy) is 3. The fourth-order valence-electron chi connectivity index (χ4n) is 2.87. The minimum absolute atomic E-state index is 0.00202. The number of rotatable bonds is 6. The van der Waals surface area contributed by atoms with Crippen LogP contribution in [0.4, 0.5) is 5.69 Å². The van der Waals surface area contributed by atoms with Gasteiger partial charge in [0.05, 0.1) is 25.4 Å². The number of anilines is 1. The van der Waals surface area contributed by atoms with E-state index in [-0.39, 0.29) is 16.8 Å². The second kappa shape index (κ2) is 9.45. The molecule has 0 saturated carbocycles. The predicted molar refractivity (Wildman–Crippen MR) is 112 cm³/mol. The highest BCUT2D eigenvalue weighted by atomic mass is 16.5. The van der Waals surface area contributed by atoms with Crippen LogP contribution in [0.3, 0.4) is 0 Å². The predicted octanol–water partition coefficient (Wildman–Crippen LogP) is 3.67. The first-order valence-corrected chi connectivity index (χ1v) is 9.11.